The van der Waals surface area contributed by atoms with Crippen LogP contribution in [0.2, 0.25) is 0 Å². The molecule has 9 heavy (non-hydrogen) atoms. The summed E-state index contributed by atoms with van der Waals surface area (Å²) in [7, 11) is 0. The van der Waals surface area contributed by atoms with E-state index in [4.69, 9.17) is 15.3 Å². The van der Waals surface area contributed by atoms with Gasteiger partial charge in [-0.1, -0.05) is 0 Å². The van der Waals surface area contributed by atoms with Crippen LogP contribution in [0.3, 0.4) is 0 Å². The van der Waals surface area contributed by atoms with Gasteiger partial charge in [-0.25, -0.2) is 0 Å². The summed E-state index contributed by atoms with van der Waals surface area (Å²) < 4.78 is 0. The smallest absolute Gasteiger partial charge is 0.128 e. The number of hydrogen-bond donors (Lipinski definition) is 3. The number of aliphatic hydroxyl groups excluding tert-OH is 3. The van der Waals surface area contributed by atoms with Crippen LogP contribution in [0.1, 0.15) is 6.42 Å². The van der Waals surface area contributed by atoms with Gasteiger partial charge in [0.05, 0.1) is 6.10 Å². The summed E-state index contributed by atoms with van der Waals surface area (Å²) >= 11 is 1.28. The molecule has 1 aliphatic rings. The fourth-order valence-corrected chi connectivity index (χ4v) is 1.77. The van der Waals surface area contributed by atoms with Crippen molar-refractivity contribution in [1.29, 1.82) is 0 Å². The van der Waals surface area contributed by atoms with Crippen LogP contribution in [-0.4, -0.2) is 38.7 Å². The van der Waals surface area contributed by atoms with Crippen LogP contribution in [-0.2, 0) is 0 Å². The average molecular weight is 150 g/mol. The first-order valence-electron chi connectivity index (χ1n) is 2.87. The van der Waals surface area contributed by atoms with E-state index in [9.17, 15) is 0 Å². The molecule has 3 atom stereocenters. The molecule has 0 aromatic heterocycles. The zero-order valence-corrected chi connectivity index (χ0v) is 5.71. The highest BCUT2D eigenvalue weighted by Gasteiger charge is 2.28. The lowest BCUT2D eigenvalue weighted by molar-refractivity contribution is -0.0321. The molecule has 1 heterocycles. The molecule has 0 aliphatic carbocycles. The van der Waals surface area contributed by atoms with Crippen molar-refractivity contribution in [2.24, 2.45) is 0 Å². The van der Waals surface area contributed by atoms with Crippen LogP contribution < -0.4 is 0 Å². The van der Waals surface area contributed by atoms with Gasteiger partial charge in [-0.2, -0.15) is 0 Å². The zero-order valence-electron chi connectivity index (χ0n) is 4.90. The molecule has 3 N–H and O–H groups in total. The predicted octanol–water partition coefficient (Wildman–Crippen LogP) is -0.837. The third kappa shape index (κ3) is 1.58. The van der Waals surface area contributed by atoms with Crippen molar-refractivity contribution in [1.82, 2.24) is 0 Å². The topological polar surface area (TPSA) is 60.7 Å². The lowest BCUT2D eigenvalue weighted by atomic mass is 10.1. The summed E-state index contributed by atoms with van der Waals surface area (Å²) in [5.74, 6) is 0.722. The van der Waals surface area contributed by atoms with Crippen molar-refractivity contribution in [2.75, 3.05) is 5.75 Å². The Hall–Kier alpha value is 0.230. The quantitative estimate of drug-likeness (QED) is 0.421. The van der Waals surface area contributed by atoms with Crippen LogP contribution in [0.15, 0.2) is 0 Å². The molecule has 0 amide bonds. The Morgan fingerprint density at radius 1 is 1.22 bits per heavy atom. The SMILES string of the molecule is OC1CCSC(O)[C@@H]1O. The van der Waals surface area contributed by atoms with E-state index >= 15 is 0 Å². The van der Waals surface area contributed by atoms with Gasteiger partial charge in [-0.05, 0) is 12.2 Å². The summed E-state index contributed by atoms with van der Waals surface area (Å²) in [6.07, 6.45) is -1.12. The Kier molecular flexibility index (Phi) is 2.35. The molecule has 1 fully saturated rings. The van der Waals surface area contributed by atoms with Crippen LogP contribution in [0, 0.1) is 0 Å². The molecule has 0 radical (unpaired) electrons. The Balaban J connectivity index is 2.41. The molecular formula is C5H10O3S. The first-order chi connectivity index (χ1) is 4.22. The minimum atomic E-state index is -0.955. The summed E-state index contributed by atoms with van der Waals surface area (Å²) in [6, 6.07) is 0. The van der Waals surface area contributed by atoms with E-state index < -0.39 is 17.6 Å². The monoisotopic (exact) mass is 150 g/mol. The molecule has 0 bridgehead atoms. The van der Waals surface area contributed by atoms with Gasteiger partial charge >= 0.3 is 0 Å². The number of hydrogen-bond acceptors (Lipinski definition) is 4. The maximum atomic E-state index is 8.93. The fraction of sp³-hybridized carbons (Fsp3) is 1.00. The first-order valence-corrected chi connectivity index (χ1v) is 3.92. The second kappa shape index (κ2) is 2.88. The molecule has 1 rings (SSSR count). The normalized spacial score (nSPS) is 45.0. The minimum absolute atomic E-state index is 0.572. The number of aliphatic hydroxyl groups is 3. The third-order valence-corrected chi connectivity index (χ3v) is 2.48. The molecule has 0 aromatic carbocycles. The zero-order chi connectivity index (χ0) is 6.85. The predicted molar refractivity (Wildman–Crippen MR) is 35.1 cm³/mol. The Morgan fingerprint density at radius 2 is 1.89 bits per heavy atom. The molecular weight excluding hydrogens is 140 g/mol. The molecule has 54 valence electrons. The van der Waals surface area contributed by atoms with Gasteiger partial charge in [-0.15, -0.1) is 11.8 Å². The summed E-state index contributed by atoms with van der Waals surface area (Å²) in [5.41, 5.74) is -0.797. The minimum Gasteiger partial charge on any atom is -0.390 e. The van der Waals surface area contributed by atoms with E-state index in [1.54, 1.807) is 0 Å². The van der Waals surface area contributed by atoms with Gasteiger partial charge in [0.25, 0.3) is 0 Å². The first kappa shape index (κ1) is 7.34. The molecule has 1 saturated heterocycles. The second-order valence-corrected chi connectivity index (χ2v) is 3.33. The summed E-state index contributed by atoms with van der Waals surface area (Å²) in [4.78, 5) is 0. The lowest BCUT2D eigenvalue weighted by Crippen LogP contribution is -2.39. The molecule has 4 heteroatoms. The maximum Gasteiger partial charge on any atom is 0.128 e. The second-order valence-electron chi connectivity index (χ2n) is 2.11. The van der Waals surface area contributed by atoms with Crippen molar-refractivity contribution >= 4 is 11.8 Å². The highest BCUT2D eigenvalue weighted by Crippen LogP contribution is 2.23. The van der Waals surface area contributed by atoms with Gasteiger partial charge in [0.2, 0.25) is 0 Å². The number of rotatable bonds is 0. The Morgan fingerprint density at radius 3 is 2.33 bits per heavy atom. The molecule has 3 nitrogen and oxygen atoms in total. The molecule has 0 spiro atoms. The fourth-order valence-electron chi connectivity index (χ4n) is 0.769. The Bertz CT molecular complexity index is 88.2. The van der Waals surface area contributed by atoms with Crippen LogP contribution in [0.4, 0.5) is 0 Å². The third-order valence-electron chi connectivity index (χ3n) is 1.39. The van der Waals surface area contributed by atoms with Crippen molar-refractivity contribution in [2.45, 2.75) is 24.1 Å². The van der Waals surface area contributed by atoms with E-state index in [1.807, 2.05) is 0 Å². The highest BCUT2D eigenvalue weighted by molar-refractivity contribution is 7.99. The average Bonchev–Trinajstić information content (AvgIpc) is 1.83. The molecule has 0 saturated carbocycles. The standard InChI is InChI=1S/C5H10O3S/c6-3-1-2-9-5(8)4(3)7/h3-8H,1-2H2/t3?,4-,5?/m1/s1. The molecule has 2 unspecified atom stereocenters. The Labute approximate surface area is 57.7 Å². The van der Waals surface area contributed by atoms with Crippen LogP contribution in [0.5, 0.6) is 0 Å². The van der Waals surface area contributed by atoms with E-state index in [0.29, 0.717) is 6.42 Å². The highest BCUT2D eigenvalue weighted by atomic mass is 32.2. The van der Waals surface area contributed by atoms with Crippen molar-refractivity contribution in [3.05, 3.63) is 0 Å². The van der Waals surface area contributed by atoms with Gasteiger partial charge < -0.3 is 15.3 Å². The van der Waals surface area contributed by atoms with Crippen LogP contribution in [0.25, 0.3) is 0 Å². The van der Waals surface area contributed by atoms with Gasteiger partial charge in [-0.3, -0.25) is 0 Å². The van der Waals surface area contributed by atoms with E-state index in [2.05, 4.69) is 0 Å². The largest absolute Gasteiger partial charge is 0.390 e. The van der Waals surface area contributed by atoms with E-state index in [0.717, 1.165) is 5.75 Å². The van der Waals surface area contributed by atoms with Crippen LogP contribution >= 0.6 is 11.8 Å². The van der Waals surface area contributed by atoms with Gasteiger partial charge in [0, 0.05) is 0 Å². The molecule has 0 aromatic rings. The summed E-state index contributed by atoms with van der Waals surface area (Å²) in [5, 5.41) is 26.8. The number of thioether (sulfide) groups is 1. The van der Waals surface area contributed by atoms with Crippen molar-refractivity contribution < 1.29 is 15.3 Å². The van der Waals surface area contributed by atoms with Gasteiger partial charge in [0.1, 0.15) is 11.5 Å². The molecule has 1 aliphatic heterocycles. The summed E-state index contributed by atoms with van der Waals surface area (Å²) in [6.45, 7) is 0. The lowest BCUT2D eigenvalue weighted by Gasteiger charge is -2.27. The maximum absolute atomic E-state index is 8.93. The van der Waals surface area contributed by atoms with E-state index in [1.165, 1.54) is 11.8 Å². The van der Waals surface area contributed by atoms with Gasteiger partial charge in [0.15, 0.2) is 0 Å². The van der Waals surface area contributed by atoms with Crippen molar-refractivity contribution in [3.63, 3.8) is 0 Å². The van der Waals surface area contributed by atoms with E-state index in [-0.39, 0.29) is 0 Å². The van der Waals surface area contributed by atoms with Crippen molar-refractivity contribution in [3.8, 4) is 0 Å².